The van der Waals surface area contributed by atoms with Crippen molar-refractivity contribution < 1.29 is 22.7 Å². The number of fused-ring (bicyclic) bond motifs is 1. The zero-order valence-corrected chi connectivity index (χ0v) is 15.4. The van der Waals surface area contributed by atoms with Crippen LogP contribution >= 0.6 is 0 Å². The maximum atomic E-state index is 12.6. The molecule has 2 aliphatic rings. The van der Waals surface area contributed by atoms with Crippen LogP contribution in [-0.4, -0.2) is 42.9 Å². The molecule has 0 radical (unpaired) electrons. The number of nitrogens with zero attached hydrogens (tertiary/aromatic N) is 1. The van der Waals surface area contributed by atoms with Crippen LogP contribution in [0.15, 0.2) is 18.2 Å². The Bertz CT molecular complexity index is 660. The van der Waals surface area contributed by atoms with Crippen molar-refractivity contribution in [1.29, 1.82) is 0 Å². The fourth-order valence-corrected chi connectivity index (χ4v) is 3.81. The van der Waals surface area contributed by atoms with Crippen LogP contribution in [0.4, 0.5) is 23.7 Å². The lowest BCUT2D eigenvalue weighted by Gasteiger charge is -2.34. The number of carbonyl (C=O) groups excluding carboxylic acids is 1. The summed E-state index contributed by atoms with van der Waals surface area (Å²) in [6.07, 6.45) is -0.879. The summed E-state index contributed by atoms with van der Waals surface area (Å²) in [7, 11) is 0. The molecule has 5 nitrogen and oxygen atoms in total. The lowest BCUT2D eigenvalue weighted by Crippen LogP contribution is -2.36. The minimum absolute atomic E-state index is 0.187. The van der Waals surface area contributed by atoms with Gasteiger partial charge in [-0.1, -0.05) is 12.1 Å². The number of alkyl halides is 3. The number of amides is 2. The Morgan fingerprint density at radius 2 is 2.07 bits per heavy atom. The maximum Gasteiger partial charge on any atom is 0.401 e. The normalized spacial score (nSPS) is 22.2. The first-order valence-electron chi connectivity index (χ1n) is 9.40. The number of hydrogen-bond acceptors (Lipinski definition) is 3. The largest absolute Gasteiger partial charge is 0.401 e. The zero-order chi connectivity index (χ0) is 19.4. The molecule has 0 unspecified atom stereocenters. The molecule has 150 valence electrons. The molecule has 1 heterocycles. The van der Waals surface area contributed by atoms with Gasteiger partial charge in [-0.25, -0.2) is 4.79 Å². The van der Waals surface area contributed by atoms with Gasteiger partial charge in [0, 0.05) is 31.9 Å². The van der Waals surface area contributed by atoms with Crippen LogP contribution in [-0.2, 0) is 17.8 Å². The summed E-state index contributed by atoms with van der Waals surface area (Å²) >= 11 is 0. The molecule has 0 spiro atoms. The van der Waals surface area contributed by atoms with Crippen molar-refractivity contribution in [3.8, 4) is 0 Å². The topological polar surface area (TPSA) is 53.6 Å². The molecule has 2 amide bonds. The van der Waals surface area contributed by atoms with E-state index in [1.807, 2.05) is 6.92 Å². The van der Waals surface area contributed by atoms with Gasteiger partial charge >= 0.3 is 12.2 Å². The molecule has 0 aromatic heterocycles. The van der Waals surface area contributed by atoms with E-state index >= 15 is 0 Å². The number of rotatable bonds is 7. The second kappa shape index (κ2) is 8.48. The predicted octanol–water partition coefficient (Wildman–Crippen LogP) is 3.89. The van der Waals surface area contributed by atoms with E-state index in [0.29, 0.717) is 24.3 Å². The van der Waals surface area contributed by atoms with Crippen LogP contribution in [0, 0.1) is 5.92 Å². The number of halogens is 3. The van der Waals surface area contributed by atoms with Crippen molar-refractivity contribution in [2.45, 2.75) is 51.6 Å². The molecule has 1 saturated carbocycles. The number of anilines is 1. The third-order valence-corrected chi connectivity index (χ3v) is 5.13. The molecule has 1 fully saturated rings. The second-order valence-electron chi connectivity index (χ2n) is 7.29. The fourth-order valence-electron chi connectivity index (χ4n) is 3.81. The number of benzene rings is 1. The lowest BCUT2D eigenvalue weighted by molar-refractivity contribution is -0.146. The molecule has 0 bridgehead atoms. The highest BCUT2D eigenvalue weighted by atomic mass is 19.4. The van der Waals surface area contributed by atoms with E-state index in [1.54, 1.807) is 18.2 Å². The minimum atomic E-state index is -4.23. The first-order chi connectivity index (χ1) is 12.8. The van der Waals surface area contributed by atoms with Crippen molar-refractivity contribution in [1.82, 2.24) is 10.2 Å². The molecule has 8 heteroatoms. The number of hydrogen-bond donors (Lipinski definition) is 2. The van der Waals surface area contributed by atoms with Gasteiger partial charge in [0.25, 0.3) is 0 Å². The van der Waals surface area contributed by atoms with Gasteiger partial charge in [0.05, 0.1) is 12.6 Å². The molecular weight excluding hydrogens is 359 g/mol. The Balaban J connectivity index is 1.44. The highest BCUT2D eigenvalue weighted by molar-refractivity contribution is 5.90. The van der Waals surface area contributed by atoms with Crippen molar-refractivity contribution in [2.75, 3.05) is 25.0 Å². The van der Waals surface area contributed by atoms with Crippen LogP contribution in [0.25, 0.3) is 0 Å². The molecule has 1 aliphatic heterocycles. The van der Waals surface area contributed by atoms with Gasteiger partial charge in [-0.3, -0.25) is 4.90 Å². The summed E-state index contributed by atoms with van der Waals surface area (Å²) in [5.74, 6) is 0.582. The summed E-state index contributed by atoms with van der Waals surface area (Å²) in [6.45, 7) is 2.78. The fraction of sp³-hybridized carbons (Fsp3) is 0.632. The lowest BCUT2D eigenvalue weighted by atomic mass is 9.80. The van der Waals surface area contributed by atoms with E-state index < -0.39 is 12.7 Å². The molecule has 2 N–H and O–H groups in total. The SMILES string of the molecule is CCOC1CC(CCNC(=O)Nc2cccc3c2CN(CC(F)(F)F)C3)C1. The maximum absolute atomic E-state index is 12.6. The van der Waals surface area contributed by atoms with Crippen molar-refractivity contribution >= 4 is 11.7 Å². The Labute approximate surface area is 157 Å². The second-order valence-corrected chi connectivity index (χ2v) is 7.29. The Hall–Kier alpha value is -1.80. The average Bonchev–Trinajstić information content (AvgIpc) is 2.93. The van der Waals surface area contributed by atoms with Gasteiger partial charge in [-0.15, -0.1) is 0 Å². The average molecular weight is 385 g/mol. The minimum Gasteiger partial charge on any atom is -0.378 e. The summed E-state index contributed by atoms with van der Waals surface area (Å²) in [6, 6.07) is 4.97. The Morgan fingerprint density at radius 1 is 1.30 bits per heavy atom. The van der Waals surface area contributed by atoms with Crippen LogP contribution in [0.5, 0.6) is 0 Å². The molecule has 27 heavy (non-hydrogen) atoms. The van der Waals surface area contributed by atoms with Crippen molar-refractivity contribution in [3.05, 3.63) is 29.3 Å². The van der Waals surface area contributed by atoms with Crippen LogP contribution in [0.3, 0.4) is 0 Å². The first kappa shape index (κ1) is 19.9. The molecule has 1 aliphatic carbocycles. The van der Waals surface area contributed by atoms with Crippen LogP contribution in [0.2, 0.25) is 0 Å². The van der Waals surface area contributed by atoms with E-state index in [4.69, 9.17) is 4.74 Å². The van der Waals surface area contributed by atoms with E-state index in [1.165, 1.54) is 4.90 Å². The Morgan fingerprint density at radius 3 is 2.78 bits per heavy atom. The van der Waals surface area contributed by atoms with Crippen molar-refractivity contribution in [2.24, 2.45) is 5.92 Å². The molecular formula is C19H26F3N3O2. The number of carbonyl (C=O) groups is 1. The molecule has 0 atom stereocenters. The van der Waals surface area contributed by atoms with Gasteiger partial charge in [0.15, 0.2) is 0 Å². The quantitative estimate of drug-likeness (QED) is 0.749. The van der Waals surface area contributed by atoms with Gasteiger partial charge in [0.2, 0.25) is 0 Å². The summed E-state index contributed by atoms with van der Waals surface area (Å²) < 4.78 is 43.4. The molecule has 1 aromatic carbocycles. The number of ether oxygens (including phenoxy) is 1. The van der Waals surface area contributed by atoms with Crippen LogP contribution in [0.1, 0.15) is 37.3 Å². The van der Waals surface area contributed by atoms with E-state index in [2.05, 4.69) is 10.6 Å². The molecule has 0 saturated heterocycles. The molecule has 3 rings (SSSR count). The van der Waals surface area contributed by atoms with Gasteiger partial charge in [-0.2, -0.15) is 13.2 Å². The summed E-state index contributed by atoms with van der Waals surface area (Å²) in [5, 5.41) is 5.62. The number of urea groups is 1. The van der Waals surface area contributed by atoms with Gasteiger partial charge in [0.1, 0.15) is 0 Å². The highest BCUT2D eigenvalue weighted by Crippen LogP contribution is 2.33. The smallest absolute Gasteiger partial charge is 0.378 e. The summed E-state index contributed by atoms with van der Waals surface area (Å²) in [5.41, 5.74) is 2.17. The third kappa shape index (κ3) is 5.59. The van der Waals surface area contributed by atoms with E-state index in [9.17, 15) is 18.0 Å². The Kier molecular flexibility index (Phi) is 6.26. The number of nitrogens with one attached hydrogen (secondary N) is 2. The zero-order valence-electron chi connectivity index (χ0n) is 15.4. The van der Waals surface area contributed by atoms with Gasteiger partial charge in [-0.05, 0) is 49.3 Å². The van der Waals surface area contributed by atoms with Gasteiger partial charge < -0.3 is 15.4 Å². The monoisotopic (exact) mass is 385 g/mol. The summed E-state index contributed by atoms with van der Waals surface area (Å²) in [4.78, 5) is 13.5. The molecule has 1 aromatic rings. The third-order valence-electron chi connectivity index (χ3n) is 5.13. The van der Waals surface area contributed by atoms with E-state index in [-0.39, 0.29) is 19.1 Å². The van der Waals surface area contributed by atoms with E-state index in [0.717, 1.165) is 37.0 Å². The standard InChI is InChI=1S/C19H26F3N3O2/c1-2-27-15-8-13(9-15)6-7-23-18(26)24-17-5-3-4-14-10-25(11-16(14)17)12-19(20,21)22/h3-5,13,15H,2,6-12H2,1H3,(H2,23,24,26). The first-order valence-corrected chi connectivity index (χ1v) is 9.40. The van der Waals surface area contributed by atoms with Crippen molar-refractivity contribution in [3.63, 3.8) is 0 Å². The van der Waals surface area contributed by atoms with Crippen LogP contribution < -0.4 is 10.6 Å². The highest BCUT2D eigenvalue weighted by Gasteiger charge is 2.34. The predicted molar refractivity (Wildman–Crippen MR) is 96.4 cm³/mol.